The first kappa shape index (κ1) is 17.2. The molecular formula is C20H24N2O3. The lowest BCUT2D eigenvalue weighted by atomic mass is 9.99. The molecule has 0 aliphatic heterocycles. The summed E-state index contributed by atoms with van der Waals surface area (Å²) in [5.74, 6) is 1.89. The summed E-state index contributed by atoms with van der Waals surface area (Å²) in [7, 11) is 4.84. The topological polar surface area (TPSA) is 69.5 Å². The summed E-state index contributed by atoms with van der Waals surface area (Å²) in [6, 6.07) is 12.2. The minimum Gasteiger partial charge on any atom is -0.493 e. The molecular weight excluding hydrogens is 316 g/mol. The van der Waals surface area contributed by atoms with Crippen LogP contribution < -0.4 is 19.9 Å². The third-order valence-electron chi connectivity index (χ3n) is 4.38. The highest BCUT2D eigenvalue weighted by atomic mass is 16.5. The van der Waals surface area contributed by atoms with E-state index in [0.29, 0.717) is 17.2 Å². The van der Waals surface area contributed by atoms with E-state index in [4.69, 9.17) is 19.9 Å². The second kappa shape index (κ2) is 7.49. The van der Waals surface area contributed by atoms with Crippen LogP contribution in [0.15, 0.2) is 42.6 Å². The summed E-state index contributed by atoms with van der Waals surface area (Å²) in [6.07, 6.45) is 3.55. The summed E-state index contributed by atoms with van der Waals surface area (Å²) in [5, 5.41) is 1.22. The summed E-state index contributed by atoms with van der Waals surface area (Å²) in [6.45, 7) is 0. The molecule has 1 heterocycles. The lowest BCUT2D eigenvalue weighted by molar-refractivity contribution is 0.323. The molecule has 0 fully saturated rings. The first-order valence-corrected chi connectivity index (χ1v) is 8.25. The fourth-order valence-electron chi connectivity index (χ4n) is 3.21. The van der Waals surface area contributed by atoms with Gasteiger partial charge in [-0.1, -0.05) is 18.2 Å². The molecule has 0 unspecified atom stereocenters. The van der Waals surface area contributed by atoms with E-state index in [2.05, 4.69) is 17.1 Å². The summed E-state index contributed by atoms with van der Waals surface area (Å²) >= 11 is 0. The van der Waals surface area contributed by atoms with E-state index in [1.54, 1.807) is 21.3 Å². The van der Waals surface area contributed by atoms with Crippen LogP contribution in [0, 0.1) is 0 Å². The van der Waals surface area contributed by atoms with E-state index in [9.17, 15) is 0 Å². The average molecular weight is 340 g/mol. The zero-order valence-corrected chi connectivity index (χ0v) is 14.8. The van der Waals surface area contributed by atoms with Crippen LogP contribution in [-0.4, -0.2) is 32.4 Å². The second-order valence-corrected chi connectivity index (χ2v) is 6.06. The van der Waals surface area contributed by atoms with Crippen molar-refractivity contribution < 1.29 is 14.2 Å². The van der Waals surface area contributed by atoms with Gasteiger partial charge < -0.3 is 24.9 Å². The average Bonchev–Trinajstić information content (AvgIpc) is 3.03. The summed E-state index contributed by atoms with van der Waals surface area (Å²) < 4.78 is 16.2. The molecule has 25 heavy (non-hydrogen) atoms. The standard InChI is InChI=1S/C20H24N2O3/c1-23-18-9-13(10-19(24-2)20(18)25-3)8-15(21)11-14-12-22-17-7-5-4-6-16(14)17/h4-7,9-10,12,15,22H,8,11,21H2,1-3H3/t15-/m1/s1. The number of ether oxygens (including phenoxy) is 3. The van der Waals surface area contributed by atoms with Gasteiger partial charge in [0, 0.05) is 23.1 Å². The van der Waals surface area contributed by atoms with Gasteiger partial charge >= 0.3 is 0 Å². The van der Waals surface area contributed by atoms with Crippen molar-refractivity contribution in [3.63, 3.8) is 0 Å². The Bertz CT molecular complexity index is 832. The number of hydrogen-bond acceptors (Lipinski definition) is 4. The van der Waals surface area contributed by atoms with E-state index < -0.39 is 0 Å². The molecule has 0 bridgehead atoms. The first-order valence-electron chi connectivity index (χ1n) is 8.25. The highest BCUT2D eigenvalue weighted by Crippen LogP contribution is 2.38. The van der Waals surface area contributed by atoms with Gasteiger partial charge in [-0.05, 0) is 42.2 Å². The van der Waals surface area contributed by atoms with Crippen LogP contribution >= 0.6 is 0 Å². The van der Waals surface area contributed by atoms with Gasteiger partial charge in [-0.2, -0.15) is 0 Å². The number of fused-ring (bicyclic) bond motifs is 1. The molecule has 3 rings (SSSR count). The Morgan fingerprint density at radius 3 is 2.28 bits per heavy atom. The normalized spacial score (nSPS) is 12.2. The van der Waals surface area contributed by atoms with Gasteiger partial charge in [0.15, 0.2) is 11.5 Å². The number of rotatable bonds is 7. The number of hydrogen-bond donors (Lipinski definition) is 2. The smallest absolute Gasteiger partial charge is 0.203 e. The Morgan fingerprint density at radius 2 is 1.64 bits per heavy atom. The summed E-state index contributed by atoms with van der Waals surface area (Å²) in [5.41, 5.74) is 9.84. The Morgan fingerprint density at radius 1 is 0.960 bits per heavy atom. The van der Waals surface area contributed by atoms with E-state index >= 15 is 0 Å². The Hall–Kier alpha value is -2.66. The number of methoxy groups -OCH3 is 3. The largest absolute Gasteiger partial charge is 0.493 e. The zero-order chi connectivity index (χ0) is 17.8. The lowest BCUT2D eigenvalue weighted by Gasteiger charge is -2.16. The van der Waals surface area contributed by atoms with Crippen LogP contribution in [0.2, 0.25) is 0 Å². The van der Waals surface area contributed by atoms with Crippen molar-refractivity contribution >= 4 is 10.9 Å². The van der Waals surface area contributed by atoms with Crippen LogP contribution in [0.4, 0.5) is 0 Å². The van der Waals surface area contributed by atoms with Crippen LogP contribution in [0.25, 0.3) is 10.9 Å². The SMILES string of the molecule is COc1cc(C[C@@H](N)Cc2c[nH]c3ccccc23)cc(OC)c1OC. The van der Waals surface area contributed by atoms with Gasteiger partial charge in [-0.25, -0.2) is 0 Å². The number of H-pyrrole nitrogens is 1. The van der Waals surface area contributed by atoms with E-state index in [1.807, 2.05) is 30.5 Å². The van der Waals surface area contributed by atoms with E-state index in [-0.39, 0.29) is 6.04 Å². The fraction of sp³-hybridized carbons (Fsp3) is 0.300. The number of aromatic nitrogens is 1. The number of para-hydroxylation sites is 1. The highest BCUT2D eigenvalue weighted by molar-refractivity contribution is 5.83. The van der Waals surface area contributed by atoms with Crippen molar-refractivity contribution in [2.75, 3.05) is 21.3 Å². The van der Waals surface area contributed by atoms with Gasteiger partial charge in [0.25, 0.3) is 0 Å². The van der Waals surface area contributed by atoms with Crippen molar-refractivity contribution in [1.29, 1.82) is 0 Å². The third-order valence-corrected chi connectivity index (χ3v) is 4.38. The molecule has 0 amide bonds. The van der Waals surface area contributed by atoms with Gasteiger partial charge in [-0.15, -0.1) is 0 Å². The van der Waals surface area contributed by atoms with Crippen LogP contribution in [0.1, 0.15) is 11.1 Å². The third kappa shape index (κ3) is 3.56. The highest BCUT2D eigenvalue weighted by Gasteiger charge is 2.15. The van der Waals surface area contributed by atoms with Crippen molar-refractivity contribution in [1.82, 2.24) is 4.98 Å². The molecule has 0 saturated heterocycles. The van der Waals surface area contributed by atoms with E-state index in [1.165, 1.54) is 10.9 Å². The molecule has 0 aliphatic rings. The maximum Gasteiger partial charge on any atom is 0.203 e. The molecule has 1 aromatic heterocycles. The number of aromatic amines is 1. The molecule has 5 heteroatoms. The predicted molar refractivity (Wildman–Crippen MR) is 99.8 cm³/mol. The minimum atomic E-state index is -0.0120. The second-order valence-electron chi connectivity index (χ2n) is 6.06. The molecule has 0 spiro atoms. The number of benzene rings is 2. The monoisotopic (exact) mass is 340 g/mol. The van der Waals surface area contributed by atoms with Crippen molar-refractivity contribution in [2.45, 2.75) is 18.9 Å². The summed E-state index contributed by atoms with van der Waals surface area (Å²) in [4.78, 5) is 3.30. The van der Waals surface area contributed by atoms with Crippen LogP contribution in [0.5, 0.6) is 17.2 Å². The van der Waals surface area contributed by atoms with Gasteiger partial charge in [0.05, 0.1) is 21.3 Å². The maximum absolute atomic E-state index is 6.41. The molecule has 0 saturated carbocycles. The van der Waals surface area contributed by atoms with Crippen molar-refractivity contribution in [2.24, 2.45) is 5.73 Å². The fourth-order valence-corrected chi connectivity index (χ4v) is 3.21. The molecule has 0 aliphatic carbocycles. The lowest BCUT2D eigenvalue weighted by Crippen LogP contribution is -2.25. The van der Waals surface area contributed by atoms with Crippen molar-refractivity contribution in [3.8, 4) is 17.2 Å². The maximum atomic E-state index is 6.41. The van der Waals surface area contributed by atoms with Gasteiger partial charge in [-0.3, -0.25) is 0 Å². The minimum absolute atomic E-state index is 0.0120. The van der Waals surface area contributed by atoms with Crippen LogP contribution in [0.3, 0.4) is 0 Å². The molecule has 1 atom stereocenters. The number of nitrogens with two attached hydrogens (primary N) is 1. The molecule has 132 valence electrons. The molecule has 2 aromatic carbocycles. The molecule has 3 aromatic rings. The first-order chi connectivity index (χ1) is 12.2. The Balaban J connectivity index is 1.79. The zero-order valence-electron chi connectivity index (χ0n) is 14.8. The molecule has 0 radical (unpaired) electrons. The predicted octanol–water partition coefficient (Wildman–Crippen LogP) is 3.31. The molecule has 3 N–H and O–H groups in total. The van der Waals surface area contributed by atoms with E-state index in [0.717, 1.165) is 23.9 Å². The molecule has 5 nitrogen and oxygen atoms in total. The van der Waals surface area contributed by atoms with Gasteiger partial charge in [0.1, 0.15) is 0 Å². The van der Waals surface area contributed by atoms with Gasteiger partial charge in [0.2, 0.25) is 5.75 Å². The Labute approximate surface area is 147 Å². The quantitative estimate of drug-likeness (QED) is 0.692. The van der Waals surface area contributed by atoms with Crippen LogP contribution in [-0.2, 0) is 12.8 Å². The van der Waals surface area contributed by atoms with Crippen molar-refractivity contribution in [3.05, 3.63) is 53.7 Å². The number of nitrogens with one attached hydrogen (secondary N) is 1. The Kier molecular flexibility index (Phi) is 5.14.